The molecule has 0 bridgehead atoms. The Labute approximate surface area is 135 Å². The van der Waals surface area contributed by atoms with E-state index in [1.807, 2.05) is 6.92 Å². The Morgan fingerprint density at radius 2 is 1.78 bits per heavy atom. The van der Waals surface area contributed by atoms with Gasteiger partial charge < -0.3 is 9.47 Å². The summed E-state index contributed by atoms with van der Waals surface area (Å²) >= 11 is 0. The van der Waals surface area contributed by atoms with E-state index >= 15 is 0 Å². The van der Waals surface area contributed by atoms with Gasteiger partial charge in [-0.1, -0.05) is 37.3 Å². The first-order valence-electron chi connectivity index (χ1n) is 8.02. The van der Waals surface area contributed by atoms with Crippen molar-refractivity contribution in [3.63, 3.8) is 0 Å². The molecule has 1 aromatic heterocycles. The maximum absolute atomic E-state index is 5.56. The van der Waals surface area contributed by atoms with Crippen LogP contribution in [0.1, 0.15) is 36.2 Å². The van der Waals surface area contributed by atoms with Crippen LogP contribution in [0.2, 0.25) is 0 Å². The lowest BCUT2D eigenvalue weighted by molar-refractivity contribution is 0.174. The highest BCUT2D eigenvalue weighted by Crippen LogP contribution is 2.40. The van der Waals surface area contributed by atoms with Crippen LogP contribution in [0.5, 0.6) is 11.5 Å². The Balaban J connectivity index is 1.95. The first-order chi connectivity index (χ1) is 11.3. The molecule has 2 aromatic carbocycles. The van der Waals surface area contributed by atoms with Gasteiger partial charge in [-0.05, 0) is 42.5 Å². The van der Waals surface area contributed by atoms with Crippen molar-refractivity contribution in [2.75, 3.05) is 6.79 Å². The number of ether oxygens (including phenoxy) is 2. The van der Waals surface area contributed by atoms with Crippen LogP contribution in [0.15, 0.2) is 48.5 Å². The third-order valence-electron chi connectivity index (χ3n) is 4.42. The highest BCUT2D eigenvalue weighted by Gasteiger charge is 2.21. The predicted molar refractivity (Wildman–Crippen MR) is 91.2 cm³/mol. The third kappa shape index (κ3) is 2.42. The van der Waals surface area contributed by atoms with E-state index in [-0.39, 0.29) is 5.92 Å². The molecule has 0 N–H and O–H groups in total. The van der Waals surface area contributed by atoms with Crippen LogP contribution in [0.3, 0.4) is 0 Å². The van der Waals surface area contributed by atoms with Gasteiger partial charge in [0.1, 0.15) is 0 Å². The Morgan fingerprint density at radius 3 is 2.52 bits per heavy atom. The lowest BCUT2D eigenvalue weighted by Crippen LogP contribution is -2.04. The van der Waals surface area contributed by atoms with E-state index in [0.717, 1.165) is 40.1 Å². The number of hydrogen-bond acceptors (Lipinski definition) is 3. The summed E-state index contributed by atoms with van der Waals surface area (Å²) in [4.78, 5) is 4.88. The van der Waals surface area contributed by atoms with Crippen LogP contribution in [0.25, 0.3) is 10.8 Å². The number of aryl methyl sites for hydroxylation is 1. The summed E-state index contributed by atoms with van der Waals surface area (Å²) in [6.45, 7) is 4.55. The zero-order valence-corrected chi connectivity index (χ0v) is 13.4. The van der Waals surface area contributed by atoms with Crippen molar-refractivity contribution in [2.24, 2.45) is 0 Å². The molecule has 0 saturated heterocycles. The number of rotatable bonds is 3. The standard InChI is InChI=1S/C20H19NO2/c1-3-16(14-7-5-4-6-8-14)20-17-11-19-18(22-12-23-19)10-15(17)9-13(2)21-20/h4-11,16H,3,12H2,1-2H3. The SMILES string of the molecule is CCC(c1ccccc1)c1nc(C)cc2cc3c(cc12)OCO3. The van der Waals surface area contributed by atoms with E-state index < -0.39 is 0 Å². The van der Waals surface area contributed by atoms with Gasteiger partial charge in [-0.2, -0.15) is 0 Å². The van der Waals surface area contributed by atoms with Crippen LogP contribution in [0.4, 0.5) is 0 Å². The number of nitrogens with zero attached hydrogens (tertiary/aromatic N) is 1. The molecule has 0 saturated carbocycles. The Morgan fingerprint density at radius 1 is 1.04 bits per heavy atom. The minimum absolute atomic E-state index is 0.277. The van der Waals surface area contributed by atoms with E-state index in [1.54, 1.807) is 0 Å². The van der Waals surface area contributed by atoms with Gasteiger partial charge in [0, 0.05) is 17.0 Å². The average molecular weight is 305 g/mol. The van der Waals surface area contributed by atoms with Crippen LogP contribution in [-0.4, -0.2) is 11.8 Å². The maximum Gasteiger partial charge on any atom is 0.231 e. The minimum atomic E-state index is 0.277. The van der Waals surface area contributed by atoms with Crippen molar-refractivity contribution in [3.8, 4) is 11.5 Å². The second kappa shape index (κ2) is 5.58. The van der Waals surface area contributed by atoms with Crippen molar-refractivity contribution in [1.29, 1.82) is 0 Å². The number of benzene rings is 2. The fraction of sp³-hybridized carbons (Fsp3) is 0.250. The van der Waals surface area contributed by atoms with Crippen LogP contribution < -0.4 is 9.47 Å². The molecule has 1 aliphatic rings. The molecule has 2 heterocycles. The first kappa shape index (κ1) is 14.1. The second-order valence-corrected chi connectivity index (χ2v) is 5.95. The molecule has 116 valence electrons. The Kier molecular flexibility index (Phi) is 3.41. The normalized spacial score (nSPS) is 14.2. The quantitative estimate of drug-likeness (QED) is 0.695. The highest BCUT2D eigenvalue weighted by atomic mass is 16.7. The predicted octanol–water partition coefficient (Wildman–Crippen LogP) is 4.81. The van der Waals surface area contributed by atoms with Gasteiger partial charge in [0.15, 0.2) is 11.5 Å². The summed E-state index contributed by atoms with van der Waals surface area (Å²) in [5.74, 6) is 1.91. The van der Waals surface area contributed by atoms with Crippen molar-refractivity contribution in [3.05, 3.63) is 65.5 Å². The fourth-order valence-corrected chi connectivity index (χ4v) is 3.34. The first-order valence-corrected chi connectivity index (χ1v) is 8.02. The number of fused-ring (bicyclic) bond motifs is 2. The molecule has 1 unspecified atom stereocenters. The molecular weight excluding hydrogens is 286 g/mol. The van der Waals surface area contributed by atoms with Crippen molar-refractivity contribution in [2.45, 2.75) is 26.2 Å². The molecule has 3 aromatic rings. The molecule has 3 heteroatoms. The maximum atomic E-state index is 5.56. The summed E-state index contributed by atoms with van der Waals surface area (Å²) in [6.07, 6.45) is 1.00. The van der Waals surface area contributed by atoms with Gasteiger partial charge in [0.2, 0.25) is 6.79 Å². The minimum Gasteiger partial charge on any atom is -0.454 e. The Bertz CT molecular complexity index is 858. The van der Waals surface area contributed by atoms with Crippen LogP contribution >= 0.6 is 0 Å². The number of pyridine rings is 1. The summed E-state index contributed by atoms with van der Waals surface area (Å²) in [5.41, 5.74) is 3.44. The fourth-order valence-electron chi connectivity index (χ4n) is 3.34. The number of aromatic nitrogens is 1. The average Bonchev–Trinajstić information content (AvgIpc) is 3.02. The number of hydrogen-bond donors (Lipinski definition) is 0. The van der Waals surface area contributed by atoms with E-state index in [9.17, 15) is 0 Å². The smallest absolute Gasteiger partial charge is 0.231 e. The molecule has 23 heavy (non-hydrogen) atoms. The van der Waals surface area contributed by atoms with Gasteiger partial charge in [-0.15, -0.1) is 0 Å². The van der Waals surface area contributed by atoms with Gasteiger partial charge >= 0.3 is 0 Å². The molecule has 0 amide bonds. The molecule has 0 aliphatic carbocycles. The van der Waals surface area contributed by atoms with Crippen LogP contribution in [-0.2, 0) is 0 Å². The molecule has 0 radical (unpaired) electrons. The molecule has 0 fully saturated rings. The molecule has 1 atom stereocenters. The lowest BCUT2D eigenvalue weighted by atomic mass is 9.89. The van der Waals surface area contributed by atoms with Crippen molar-refractivity contribution < 1.29 is 9.47 Å². The van der Waals surface area contributed by atoms with Crippen molar-refractivity contribution >= 4 is 10.8 Å². The highest BCUT2D eigenvalue weighted by molar-refractivity contribution is 5.89. The molecule has 4 rings (SSSR count). The van der Waals surface area contributed by atoms with Crippen LogP contribution in [0, 0.1) is 6.92 Å². The summed E-state index contributed by atoms with van der Waals surface area (Å²) in [6, 6.07) is 16.8. The molecule has 1 aliphatic heterocycles. The summed E-state index contributed by atoms with van der Waals surface area (Å²) in [7, 11) is 0. The third-order valence-corrected chi connectivity index (χ3v) is 4.42. The molecular formula is C20H19NO2. The van der Waals surface area contributed by atoms with Gasteiger partial charge in [0.25, 0.3) is 0 Å². The van der Waals surface area contributed by atoms with E-state index in [1.165, 1.54) is 5.56 Å². The second-order valence-electron chi connectivity index (χ2n) is 5.95. The zero-order chi connectivity index (χ0) is 15.8. The summed E-state index contributed by atoms with van der Waals surface area (Å²) in [5, 5.41) is 2.31. The molecule has 0 spiro atoms. The topological polar surface area (TPSA) is 31.4 Å². The monoisotopic (exact) mass is 305 g/mol. The van der Waals surface area contributed by atoms with Gasteiger partial charge in [0.05, 0.1) is 5.69 Å². The van der Waals surface area contributed by atoms with Gasteiger partial charge in [-0.25, -0.2) is 0 Å². The van der Waals surface area contributed by atoms with Gasteiger partial charge in [-0.3, -0.25) is 4.98 Å². The lowest BCUT2D eigenvalue weighted by Gasteiger charge is -2.18. The zero-order valence-electron chi connectivity index (χ0n) is 13.4. The Hall–Kier alpha value is -2.55. The molecule has 3 nitrogen and oxygen atoms in total. The summed E-state index contributed by atoms with van der Waals surface area (Å²) < 4.78 is 11.1. The van der Waals surface area contributed by atoms with E-state index in [0.29, 0.717) is 6.79 Å². The largest absolute Gasteiger partial charge is 0.454 e. The van der Waals surface area contributed by atoms with Crippen molar-refractivity contribution in [1.82, 2.24) is 4.98 Å². The van der Waals surface area contributed by atoms with E-state index in [2.05, 4.69) is 55.5 Å². The van der Waals surface area contributed by atoms with E-state index in [4.69, 9.17) is 14.5 Å².